The molecular formula is C23H23ClFN5O2. The Hall–Kier alpha value is -2.71. The number of benzene rings is 1. The quantitative estimate of drug-likeness (QED) is 0.543. The van der Waals surface area contributed by atoms with E-state index < -0.39 is 5.82 Å². The molecule has 3 aliphatic carbocycles. The summed E-state index contributed by atoms with van der Waals surface area (Å²) in [6.45, 7) is 2.31. The van der Waals surface area contributed by atoms with Gasteiger partial charge >= 0.3 is 0 Å². The number of hydrogen-bond donors (Lipinski definition) is 2. The van der Waals surface area contributed by atoms with E-state index in [1.165, 1.54) is 25.6 Å². The number of nitrogens with zero attached hydrogens (tertiary/aromatic N) is 3. The topological polar surface area (TPSA) is 81.2 Å². The maximum atomic E-state index is 15.1. The van der Waals surface area contributed by atoms with Crippen molar-refractivity contribution in [3.8, 4) is 11.6 Å². The molecule has 0 amide bonds. The second-order valence-corrected chi connectivity index (χ2v) is 9.48. The van der Waals surface area contributed by atoms with E-state index in [2.05, 4.69) is 25.6 Å². The van der Waals surface area contributed by atoms with Crippen LogP contribution in [0.1, 0.15) is 25.7 Å². The van der Waals surface area contributed by atoms with Crippen molar-refractivity contribution in [3.63, 3.8) is 0 Å². The molecule has 166 valence electrons. The fraction of sp³-hybridized carbons (Fsp3) is 0.435. The van der Waals surface area contributed by atoms with Crippen molar-refractivity contribution in [1.29, 1.82) is 0 Å². The van der Waals surface area contributed by atoms with E-state index in [-0.39, 0.29) is 16.8 Å². The van der Waals surface area contributed by atoms with Gasteiger partial charge in [-0.05, 0) is 56.3 Å². The predicted octanol–water partition coefficient (Wildman–Crippen LogP) is 4.48. The summed E-state index contributed by atoms with van der Waals surface area (Å²) in [4.78, 5) is 13.1. The zero-order valence-electron chi connectivity index (χ0n) is 17.4. The molecule has 0 radical (unpaired) electrons. The third-order valence-electron chi connectivity index (χ3n) is 6.76. The Morgan fingerprint density at radius 2 is 2.06 bits per heavy atom. The highest BCUT2D eigenvalue weighted by Gasteiger charge is 2.56. The fourth-order valence-corrected chi connectivity index (χ4v) is 5.13. The highest BCUT2D eigenvalue weighted by atomic mass is 35.5. The number of pyridine rings is 1. The monoisotopic (exact) mass is 455 g/mol. The van der Waals surface area contributed by atoms with Crippen LogP contribution in [0, 0.1) is 17.2 Å². The SMILES string of the molecule is Fc1c(Nc2ncnc3ccc(O[C@H]4CCNC4)nc23)ccc(OCC23CC(C2)C3)c1Cl. The van der Waals surface area contributed by atoms with Crippen molar-refractivity contribution >= 4 is 34.1 Å². The van der Waals surface area contributed by atoms with E-state index >= 15 is 4.39 Å². The average Bonchev–Trinajstić information content (AvgIpc) is 3.24. The Morgan fingerprint density at radius 3 is 2.81 bits per heavy atom. The number of ether oxygens (including phenoxy) is 2. The van der Waals surface area contributed by atoms with Crippen molar-refractivity contribution in [2.24, 2.45) is 11.3 Å². The summed E-state index contributed by atoms with van der Waals surface area (Å²) in [6.07, 6.45) is 6.05. The Morgan fingerprint density at radius 1 is 1.19 bits per heavy atom. The van der Waals surface area contributed by atoms with Gasteiger partial charge in [-0.15, -0.1) is 0 Å². The van der Waals surface area contributed by atoms with E-state index in [0.717, 1.165) is 25.4 Å². The molecule has 2 aromatic heterocycles. The summed E-state index contributed by atoms with van der Waals surface area (Å²) in [6, 6.07) is 6.90. The van der Waals surface area contributed by atoms with Crippen LogP contribution < -0.4 is 20.1 Å². The molecule has 3 heterocycles. The summed E-state index contributed by atoms with van der Waals surface area (Å²) in [5, 5.41) is 6.24. The Balaban J connectivity index is 1.23. The smallest absolute Gasteiger partial charge is 0.214 e. The molecular weight excluding hydrogens is 433 g/mol. The lowest BCUT2D eigenvalue weighted by Crippen LogP contribution is -2.55. The minimum Gasteiger partial charge on any atom is -0.491 e. The number of hydrogen-bond acceptors (Lipinski definition) is 7. The van der Waals surface area contributed by atoms with Gasteiger partial charge in [-0.1, -0.05) is 11.6 Å². The predicted molar refractivity (Wildman–Crippen MR) is 119 cm³/mol. The Kier molecular flexibility index (Phi) is 4.80. The van der Waals surface area contributed by atoms with Crippen LogP contribution in [0.4, 0.5) is 15.9 Å². The Labute approximate surface area is 189 Å². The first-order valence-electron chi connectivity index (χ1n) is 11.0. The molecule has 7 rings (SSSR count). The molecule has 1 aliphatic heterocycles. The standard InChI is InChI=1S/C23H23ClFN5O2/c24-19-17(31-11-23-7-13(8-23)9-23)3-1-15(20(19)25)29-22-21-16(27-12-28-22)2-4-18(30-21)32-14-5-6-26-10-14/h1-4,12-14,26H,5-11H2,(H,27,28,29)/t13?,14-,23?/m0/s1. The minimum absolute atomic E-state index is 0.0364. The van der Waals surface area contributed by atoms with Crippen molar-refractivity contribution in [3.05, 3.63) is 41.4 Å². The number of nitrogens with one attached hydrogen (secondary N) is 2. The molecule has 4 fully saturated rings. The average molecular weight is 456 g/mol. The lowest BCUT2D eigenvalue weighted by Gasteiger charge is -2.61. The van der Waals surface area contributed by atoms with Gasteiger partial charge in [0.15, 0.2) is 11.6 Å². The molecule has 7 nitrogen and oxygen atoms in total. The van der Waals surface area contributed by atoms with Crippen molar-refractivity contribution in [2.75, 3.05) is 25.0 Å². The first-order valence-corrected chi connectivity index (χ1v) is 11.3. The lowest BCUT2D eigenvalue weighted by atomic mass is 9.45. The Bertz CT molecular complexity index is 1170. The summed E-state index contributed by atoms with van der Waals surface area (Å²) < 4.78 is 26.9. The number of aromatic nitrogens is 3. The van der Waals surface area contributed by atoms with Crippen LogP contribution >= 0.6 is 11.6 Å². The van der Waals surface area contributed by atoms with Gasteiger partial charge in [0, 0.05) is 18.0 Å². The summed E-state index contributed by atoms with van der Waals surface area (Å²) in [5.41, 5.74) is 1.61. The van der Waals surface area contributed by atoms with Crippen LogP contribution in [-0.2, 0) is 0 Å². The molecule has 1 saturated heterocycles. The fourth-order valence-electron chi connectivity index (χ4n) is 4.91. The van der Waals surface area contributed by atoms with Gasteiger partial charge in [0.25, 0.3) is 0 Å². The summed E-state index contributed by atoms with van der Waals surface area (Å²) >= 11 is 6.29. The maximum absolute atomic E-state index is 15.1. The van der Waals surface area contributed by atoms with Gasteiger partial charge in [0.1, 0.15) is 28.7 Å². The molecule has 3 aromatic rings. The van der Waals surface area contributed by atoms with Crippen molar-refractivity contribution in [2.45, 2.75) is 31.8 Å². The van der Waals surface area contributed by atoms with Gasteiger partial charge in [-0.2, -0.15) is 0 Å². The van der Waals surface area contributed by atoms with E-state index in [9.17, 15) is 0 Å². The van der Waals surface area contributed by atoms with Gasteiger partial charge in [0.2, 0.25) is 5.88 Å². The van der Waals surface area contributed by atoms with Gasteiger partial charge in [-0.25, -0.2) is 19.3 Å². The molecule has 32 heavy (non-hydrogen) atoms. The van der Waals surface area contributed by atoms with Crippen LogP contribution in [0.25, 0.3) is 11.0 Å². The molecule has 1 aromatic carbocycles. The van der Waals surface area contributed by atoms with E-state index in [4.69, 9.17) is 21.1 Å². The molecule has 3 saturated carbocycles. The van der Waals surface area contributed by atoms with Gasteiger partial charge in [0.05, 0.1) is 17.8 Å². The second-order valence-electron chi connectivity index (χ2n) is 9.10. The van der Waals surface area contributed by atoms with Crippen molar-refractivity contribution < 1.29 is 13.9 Å². The first kappa shape index (κ1) is 19.9. The molecule has 2 bridgehead atoms. The molecule has 0 unspecified atom stereocenters. The molecule has 9 heteroatoms. The largest absolute Gasteiger partial charge is 0.491 e. The van der Waals surface area contributed by atoms with Crippen LogP contribution in [0.15, 0.2) is 30.6 Å². The zero-order valence-corrected chi connectivity index (χ0v) is 18.2. The highest BCUT2D eigenvalue weighted by Crippen LogP contribution is 2.64. The van der Waals surface area contributed by atoms with E-state index in [1.54, 1.807) is 18.2 Å². The van der Waals surface area contributed by atoms with Crippen LogP contribution in [0.2, 0.25) is 5.02 Å². The van der Waals surface area contributed by atoms with Crippen molar-refractivity contribution in [1.82, 2.24) is 20.3 Å². The highest BCUT2D eigenvalue weighted by molar-refractivity contribution is 6.32. The van der Waals surface area contributed by atoms with Crippen LogP contribution in [-0.4, -0.2) is 40.8 Å². The molecule has 2 N–H and O–H groups in total. The maximum Gasteiger partial charge on any atom is 0.214 e. The lowest BCUT2D eigenvalue weighted by molar-refractivity contribution is -0.131. The number of fused-ring (bicyclic) bond motifs is 1. The summed E-state index contributed by atoms with van der Waals surface area (Å²) in [7, 11) is 0. The second kappa shape index (κ2) is 7.71. The first-order chi connectivity index (χ1) is 15.6. The van der Waals surface area contributed by atoms with Crippen LogP contribution in [0.5, 0.6) is 11.6 Å². The van der Waals surface area contributed by atoms with Gasteiger partial charge in [-0.3, -0.25) is 0 Å². The number of anilines is 2. The van der Waals surface area contributed by atoms with E-state index in [1.807, 2.05) is 6.07 Å². The molecule has 0 spiro atoms. The zero-order chi connectivity index (χ0) is 21.7. The molecule has 4 aliphatic rings. The third-order valence-corrected chi connectivity index (χ3v) is 7.11. The number of rotatable bonds is 7. The number of halogens is 2. The third kappa shape index (κ3) is 3.51. The van der Waals surface area contributed by atoms with E-state index in [0.29, 0.717) is 40.5 Å². The normalized spacial score (nSPS) is 25.8. The summed E-state index contributed by atoms with van der Waals surface area (Å²) in [5.74, 6) is 1.51. The van der Waals surface area contributed by atoms with Crippen LogP contribution in [0.3, 0.4) is 0 Å². The minimum atomic E-state index is -0.585. The molecule has 1 atom stereocenters. The van der Waals surface area contributed by atoms with Gasteiger partial charge < -0.3 is 20.1 Å².